The fourth-order valence-corrected chi connectivity index (χ4v) is 2.09. The van der Waals surface area contributed by atoms with E-state index in [1.807, 2.05) is 24.3 Å². The molecule has 0 saturated heterocycles. The molecule has 0 bridgehead atoms. The molecule has 2 N–H and O–H groups in total. The van der Waals surface area contributed by atoms with Crippen LogP contribution >= 0.6 is 0 Å². The van der Waals surface area contributed by atoms with Crippen LogP contribution in [0.3, 0.4) is 0 Å². The molecule has 2 aromatic carbocycles. The number of carbonyl (C=O) groups excluding carboxylic acids is 2. The molecule has 6 heteroatoms. The van der Waals surface area contributed by atoms with E-state index in [0.717, 1.165) is 11.3 Å². The van der Waals surface area contributed by atoms with Gasteiger partial charge in [0.1, 0.15) is 11.6 Å². The minimum atomic E-state index is -0.718. The van der Waals surface area contributed by atoms with Gasteiger partial charge in [0, 0.05) is 13.1 Å². The van der Waals surface area contributed by atoms with Crippen molar-refractivity contribution in [1.29, 1.82) is 0 Å². The van der Waals surface area contributed by atoms with E-state index in [9.17, 15) is 14.0 Å². The molecule has 0 aliphatic rings. The molecule has 0 aliphatic heterocycles. The molecule has 0 fully saturated rings. The number of ether oxygens (including phenoxy) is 1. The molecule has 0 saturated carbocycles. The number of halogens is 1. The number of amides is 2. The standard InChI is InChI=1S/C18H19FN2O3/c1-24-16-4-2-3-13(11-16)9-10-20-17(22)18(23)21-12-14-5-7-15(19)8-6-14/h2-8,11H,9-10,12H2,1H3,(H,20,22)(H,21,23). The van der Waals surface area contributed by atoms with E-state index < -0.39 is 11.8 Å². The van der Waals surface area contributed by atoms with Crippen LogP contribution in [0.4, 0.5) is 4.39 Å². The zero-order chi connectivity index (χ0) is 17.4. The van der Waals surface area contributed by atoms with Crippen LogP contribution in [-0.4, -0.2) is 25.5 Å². The normalized spacial score (nSPS) is 10.1. The van der Waals surface area contributed by atoms with Crippen molar-refractivity contribution in [2.24, 2.45) is 0 Å². The Morgan fingerprint density at radius 1 is 1.00 bits per heavy atom. The van der Waals surface area contributed by atoms with Gasteiger partial charge < -0.3 is 15.4 Å². The molecular weight excluding hydrogens is 311 g/mol. The Morgan fingerprint density at radius 3 is 2.42 bits per heavy atom. The van der Waals surface area contributed by atoms with Crippen molar-refractivity contribution in [2.45, 2.75) is 13.0 Å². The largest absolute Gasteiger partial charge is 0.497 e. The maximum atomic E-state index is 12.8. The fourth-order valence-electron chi connectivity index (χ4n) is 2.09. The SMILES string of the molecule is COc1cccc(CCNC(=O)C(=O)NCc2ccc(F)cc2)c1. The van der Waals surface area contributed by atoms with E-state index in [2.05, 4.69) is 10.6 Å². The summed E-state index contributed by atoms with van der Waals surface area (Å²) in [7, 11) is 1.59. The molecule has 0 spiro atoms. The van der Waals surface area contributed by atoms with Gasteiger partial charge in [-0.15, -0.1) is 0 Å². The average molecular weight is 330 g/mol. The van der Waals surface area contributed by atoms with Crippen LogP contribution < -0.4 is 15.4 Å². The predicted molar refractivity (Wildman–Crippen MR) is 88.0 cm³/mol. The summed E-state index contributed by atoms with van der Waals surface area (Å²) in [5.74, 6) is -1.01. The summed E-state index contributed by atoms with van der Waals surface area (Å²) in [6.07, 6.45) is 0.591. The van der Waals surface area contributed by atoms with Gasteiger partial charge in [-0.05, 0) is 41.8 Å². The first-order valence-electron chi connectivity index (χ1n) is 7.52. The second kappa shape index (κ2) is 8.67. The van der Waals surface area contributed by atoms with Crippen LogP contribution in [0.25, 0.3) is 0 Å². The van der Waals surface area contributed by atoms with Crippen molar-refractivity contribution >= 4 is 11.8 Å². The van der Waals surface area contributed by atoms with Gasteiger partial charge in [-0.1, -0.05) is 24.3 Å². The monoisotopic (exact) mass is 330 g/mol. The number of hydrogen-bond donors (Lipinski definition) is 2. The number of methoxy groups -OCH3 is 1. The van der Waals surface area contributed by atoms with Crippen molar-refractivity contribution < 1.29 is 18.7 Å². The van der Waals surface area contributed by atoms with Gasteiger partial charge in [0.2, 0.25) is 0 Å². The lowest BCUT2D eigenvalue weighted by molar-refractivity contribution is -0.139. The molecule has 0 aromatic heterocycles. The molecule has 0 heterocycles. The Bertz CT molecular complexity index is 702. The molecule has 24 heavy (non-hydrogen) atoms. The van der Waals surface area contributed by atoms with Crippen LogP contribution in [0.1, 0.15) is 11.1 Å². The van der Waals surface area contributed by atoms with Gasteiger partial charge in [-0.2, -0.15) is 0 Å². The van der Waals surface area contributed by atoms with Gasteiger partial charge in [0.25, 0.3) is 0 Å². The zero-order valence-corrected chi connectivity index (χ0v) is 13.3. The third kappa shape index (κ3) is 5.39. The molecule has 0 aliphatic carbocycles. The summed E-state index contributed by atoms with van der Waals surface area (Å²) in [4.78, 5) is 23.4. The summed E-state index contributed by atoms with van der Waals surface area (Å²) in [6, 6.07) is 13.2. The Morgan fingerprint density at radius 2 is 1.71 bits per heavy atom. The van der Waals surface area contributed by atoms with Gasteiger partial charge in [-0.3, -0.25) is 9.59 Å². The second-order valence-electron chi connectivity index (χ2n) is 5.17. The van der Waals surface area contributed by atoms with Crippen LogP contribution in [0, 0.1) is 5.82 Å². The maximum Gasteiger partial charge on any atom is 0.309 e. The lowest BCUT2D eigenvalue weighted by Crippen LogP contribution is -2.40. The highest BCUT2D eigenvalue weighted by Gasteiger charge is 2.12. The topological polar surface area (TPSA) is 67.4 Å². The molecule has 2 amide bonds. The molecule has 5 nitrogen and oxygen atoms in total. The van der Waals surface area contributed by atoms with Crippen LogP contribution in [-0.2, 0) is 22.6 Å². The van der Waals surface area contributed by atoms with Gasteiger partial charge in [0.15, 0.2) is 0 Å². The molecule has 126 valence electrons. The highest BCUT2D eigenvalue weighted by Crippen LogP contribution is 2.12. The molecule has 0 radical (unpaired) electrons. The fraction of sp³-hybridized carbons (Fsp3) is 0.222. The summed E-state index contributed by atoms with van der Waals surface area (Å²) in [5, 5.41) is 5.05. The van der Waals surface area contributed by atoms with E-state index in [0.29, 0.717) is 18.5 Å². The number of carbonyl (C=O) groups is 2. The highest BCUT2D eigenvalue weighted by molar-refractivity contribution is 6.35. The number of rotatable bonds is 6. The van der Waals surface area contributed by atoms with Crippen LogP contribution in [0.2, 0.25) is 0 Å². The first-order chi connectivity index (χ1) is 11.6. The predicted octanol–water partition coefficient (Wildman–Crippen LogP) is 1.81. The van der Waals surface area contributed by atoms with Crippen molar-refractivity contribution in [3.05, 3.63) is 65.5 Å². The van der Waals surface area contributed by atoms with Gasteiger partial charge in [-0.25, -0.2) is 4.39 Å². The van der Waals surface area contributed by atoms with E-state index in [4.69, 9.17) is 4.74 Å². The Labute approximate surface area is 139 Å². The molecule has 0 atom stereocenters. The first kappa shape index (κ1) is 17.5. The molecule has 2 aromatic rings. The highest BCUT2D eigenvalue weighted by atomic mass is 19.1. The second-order valence-corrected chi connectivity index (χ2v) is 5.17. The Balaban J connectivity index is 1.73. The lowest BCUT2D eigenvalue weighted by Gasteiger charge is -2.07. The third-order valence-corrected chi connectivity index (χ3v) is 3.41. The van der Waals surface area contributed by atoms with E-state index in [1.54, 1.807) is 19.2 Å². The van der Waals surface area contributed by atoms with Crippen molar-refractivity contribution in [3.63, 3.8) is 0 Å². The summed E-state index contributed by atoms with van der Waals surface area (Å²) in [5.41, 5.74) is 1.72. The molecule has 2 rings (SSSR count). The van der Waals surface area contributed by atoms with Crippen molar-refractivity contribution in [2.75, 3.05) is 13.7 Å². The molecule has 0 unspecified atom stereocenters. The van der Waals surface area contributed by atoms with E-state index in [1.165, 1.54) is 12.1 Å². The minimum absolute atomic E-state index is 0.169. The van der Waals surface area contributed by atoms with E-state index in [-0.39, 0.29) is 12.4 Å². The third-order valence-electron chi connectivity index (χ3n) is 3.41. The average Bonchev–Trinajstić information content (AvgIpc) is 2.61. The molecular formula is C18H19FN2O3. The van der Waals surface area contributed by atoms with E-state index >= 15 is 0 Å². The van der Waals surface area contributed by atoms with Crippen LogP contribution in [0.15, 0.2) is 48.5 Å². The lowest BCUT2D eigenvalue weighted by atomic mass is 10.1. The minimum Gasteiger partial charge on any atom is -0.497 e. The quantitative estimate of drug-likeness (QED) is 0.794. The van der Waals surface area contributed by atoms with Gasteiger partial charge >= 0.3 is 11.8 Å². The van der Waals surface area contributed by atoms with Gasteiger partial charge in [0.05, 0.1) is 7.11 Å². The zero-order valence-electron chi connectivity index (χ0n) is 13.3. The van der Waals surface area contributed by atoms with Crippen LogP contribution in [0.5, 0.6) is 5.75 Å². The Hall–Kier alpha value is -2.89. The van der Waals surface area contributed by atoms with Crippen molar-refractivity contribution in [1.82, 2.24) is 10.6 Å². The number of hydrogen-bond acceptors (Lipinski definition) is 3. The Kier molecular flexibility index (Phi) is 6.31. The number of nitrogens with one attached hydrogen (secondary N) is 2. The summed E-state index contributed by atoms with van der Waals surface area (Å²) >= 11 is 0. The maximum absolute atomic E-state index is 12.8. The number of benzene rings is 2. The summed E-state index contributed by atoms with van der Waals surface area (Å²) in [6.45, 7) is 0.512. The van der Waals surface area contributed by atoms with Crippen molar-refractivity contribution in [3.8, 4) is 5.75 Å². The smallest absolute Gasteiger partial charge is 0.309 e. The first-order valence-corrected chi connectivity index (χ1v) is 7.52. The summed E-state index contributed by atoms with van der Waals surface area (Å²) < 4.78 is 17.9.